The van der Waals surface area contributed by atoms with Crippen molar-refractivity contribution in [2.24, 2.45) is 11.8 Å². The van der Waals surface area contributed by atoms with Gasteiger partial charge in [0, 0.05) is 0 Å². The molecule has 0 fully saturated rings. The number of rotatable bonds is 4. The van der Waals surface area contributed by atoms with Crippen LogP contribution in [0.3, 0.4) is 0 Å². The third-order valence-electron chi connectivity index (χ3n) is 3.91. The first kappa shape index (κ1) is 12.5. The molecule has 0 heteroatoms. The summed E-state index contributed by atoms with van der Waals surface area (Å²) in [4.78, 5) is 0. The van der Waals surface area contributed by atoms with Gasteiger partial charge in [-0.25, -0.2) is 0 Å². The monoisotopic (exact) mass is 206 g/mol. The number of hydrogen-bond acceptors (Lipinski definition) is 0. The molecule has 0 saturated heterocycles. The summed E-state index contributed by atoms with van der Waals surface area (Å²) in [5.41, 5.74) is 4.80. The van der Waals surface area contributed by atoms with Gasteiger partial charge in [0.05, 0.1) is 0 Å². The van der Waals surface area contributed by atoms with Crippen LogP contribution in [0, 0.1) is 11.8 Å². The maximum absolute atomic E-state index is 2.42. The molecular weight excluding hydrogens is 180 g/mol. The van der Waals surface area contributed by atoms with Crippen LogP contribution in [0.25, 0.3) is 0 Å². The summed E-state index contributed by atoms with van der Waals surface area (Å²) >= 11 is 0. The van der Waals surface area contributed by atoms with Crippen molar-refractivity contribution in [2.45, 2.75) is 60.3 Å². The highest BCUT2D eigenvalue weighted by Crippen LogP contribution is 2.33. The molecule has 86 valence electrons. The molecule has 0 N–H and O–H groups in total. The van der Waals surface area contributed by atoms with E-state index in [1.807, 2.05) is 0 Å². The Morgan fingerprint density at radius 2 is 1.87 bits per heavy atom. The van der Waals surface area contributed by atoms with Gasteiger partial charge in [-0.1, -0.05) is 50.8 Å². The maximum Gasteiger partial charge on any atom is -0.0219 e. The molecule has 0 aliphatic heterocycles. The lowest BCUT2D eigenvalue weighted by atomic mass is 9.81. The average molecular weight is 206 g/mol. The summed E-state index contributed by atoms with van der Waals surface area (Å²) in [7, 11) is 0. The van der Waals surface area contributed by atoms with Gasteiger partial charge < -0.3 is 0 Å². The van der Waals surface area contributed by atoms with Crippen LogP contribution in [0.4, 0.5) is 0 Å². The lowest BCUT2D eigenvalue weighted by Crippen LogP contribution is -2.08. The van der Waals surface area contributed by atoms with Crippen molar-refractivity contribution < 1.29 is 0 Å². The zero-order valence-electron chi connectivity index (χ0n) is 11.1. The Kier molecular flexibility index (Phi) is 4.63. The molecule has 0 nitrogen and oxygen atoms in total. The largest absolute Gasteiger partial charge is 0.0782 e. The summed E-state index contributed by atoms with van der Waals surface area (Å²) in [6.45, 7) is 11.5. The second-order valence-corrected chi connectivity index (χ2v) is 5.15. The van der Waals surface area contributed by atoms with Crippen LogP contribution in [-0.4, -0.2) is 0 Å². The Hall–Kier alpha value is -0.520. The highest BCUT2D eigenvalue weighted by Gasteiger charge is 2.16. The van der Waals surface area contributed by atoms with Crippen LogP contribution in [-0.2, 0) is 0 Å². The van der Waals surface area contributed by atoms with Crippen molar-refractivity contribution in [2.75, 3.05) is 0 Å². The number of allylic oxidation sites excluding steroid dienone is 4. The molecule has 0 bridgehead atoms. The Morgan fingerprint density at radius 1 is 1.27 bits per heavy atom. The standard InChI is InChI=1S/C15H26/c1-6-14(7-2)10-15-9-11(3)8-12(4)13(15)5/h8,11,14H,6-7,9-10H2,1-5H3. The van der Waals surface area contributed by atoms with E-state index in [0.29, 0.717) is 0 Å². The molecule has 1 atom stereocenters. The first-order valence-electron chi connectivity index (χ1n) is 6.45. The lowest BCUT2D eigenvalue weighted by Gasteiger charge is -2.24. The summed E-state index contributed by atoms with van der Waals surface area (Å²) in [6.07, 6.45) is 7.69. The van der Waals surface area contributed by atoms with E-state index < -0.39 is 0 Å². The van der Waals surface area contributed by atoms with E-state index in [2.05, 4.69) is 40.7 Å². The van der Waals surface area contributed by atoms with Crippen molar-refractivity contribution in [1.82, 2.24) is 0 Å². The van der Waals surface area contributed by atoms with Gasteiger partial charge in [0.2, 0.25) is 0 Å². The fourth-order valence-corrected chi connectivity index (χ4v) is 2.59. The van der Waals surface area contributed by atoms with Crippen LogP contribution >= 0.6 is 0 Å². The molecule has 0 amide bonds. The molecule has 0 saturated carbocycles. The minimum Gasteiger partial charge on any atom is -0.0782 e. The fourth-order valence-electron chi connectivity index (χ4n) is 2.59. The highest BCUT2D eigenvalue weighted by atomic mass is 14.2. The molecule has 1 aliphatic carbocycles. The quantitative estimate of drug-likeness (QED) is 0.599. The normalized spacial score (nSPS) is 22.3. The van der Waals surface area contributed by atoms with E-state index in [4.69, 9.17) is 0 Å². The fraction of sp³-hybridized carbons (Fsp3) is 0.733. The van der Waals surface area contributed by atoms with Gasteiger partial charge in [-0.2, -0.15) is 0 Å². The van der Waals surface area contributed by atoms with Gasteiger partial charge in [-0.3, -0.25) is 0 Å². The molecular formula is C15H26. The molecule has 15 heavy (non-hydrogen) atoms. The third kappa shape index (κ3) is 3.22. The molecule has 0 radical (unpaired) electrons. The molecule has 0 spiro atoms. The van der Waals surface area contributed by atoms with Gasteiger partial charge in [0.25, 0.3) is 0 Å². The van der Waals surface area contributed by atoms with Gasteiger partial charge in [0.1, 0.15) is 0 Å². The van der Waals surface area contributed by atoms with Crippen LogP contribution < -0.4 is 0 Å². The van der Waals surface area contributed by atoms with E-state index in [1.54, 1.807) is 11.1 Å². The van der Waals surface area contributed by atoms with Crippen molar-refractivity contribution in [1.29, 1.82) is 0 Å². The molecule has 0 heterocycles. The zero-order valence-corrected chi connectivity index (χ0v) is 11.1. The maximum atomic E-state index is 2.42. The molecule has 1 rings (SSSR count). The molecule has 0 aromatic carbocycles. The van der Waals surface area contributed by atoms with E-state index in [9.17, 15) is 0 Å². The van der Waals surface area contributed by atoms with Gasteiger partial charge in [0.15, 0.2) is 0 Å². The molecule has 1 unspecified atom stereocenters. The predicted molar refractivity (Wildman–Crippen MR) is 68.9 cm³/mol. The zero-order chi connectivity index (χ0) is 11.4. The van der Waals surface area contributed by atoms with E-state index in [-0.39, 0.29) is 0 Å². The first-order chi connectivity index (χ1) is 7.08. The Bertz CT molecular complexity index is 264. The number of hydrogen-bond donors (Lipinski definition) is 0. The minimum atomic E-state index is 0.748. The predicted octanol–water partition coefficient (Wildman–Crippen LogP) is 5.12. The minimum absolute atomic E-state index is 0.748. The van der Waals surface area contributed by atoms with Crippen molar-refractivity contribution in [3.63, 3.8) is 0 Å². The SMILES string of the molecule is CCC(CC)CC1=C(C)C(C)=CC(C)C1. The Labute approximate surface area is 95.5 Å². The summed E-state index contributed by atoms with van der Waals surface area (Å²) in [6, 6.07) is 0. The molecule has 0 aromatic rings. The summed E-state index contributed by atoms with van der Waals surface area (Å²) in [5, 5.41) is 0. The first-order valence-corrected chi connectivity index (χ1v) is 6.45. The van der Waals surface area contributed by atoms with Gasteiger partial charge in [-0.05, 0) is 44.1 Å². The average Bonchev–Trinajstić information content (AvgIpc) is 2.21. The smallest absolute Gasteiger partial charge is 0.0219 e. The second kappa shape index (κ2) is 5.53. The van der Waals surface area contributed by atoms with Crippen LogP contribution in [0.15, 0.2) is 22.8 Å². The molecule has 1 aliphatic rings. The third-order valence-corrected chi connectivity index (χ3v) is 3.91. The van der Waals surface area contributed by atoms with Crippen molar-refractivity contribution >= 4 is 0 Å². The van der Waals surface area contributed by atoms with Gasteiger partial charge >= 0.3 is 0 Å². The Morgan fingerprint density at radius 3 is 2.40 bits per heavy atom. The van der Waals surface area contributed by atoms with Crippen molar-refractivity contribution in [3.8, 4) is 0 Å². The van der Waals surface area contributed by atoms with Gasteiger partial charge in [-0.15, -0.1) is 0 Å². The van der Waals surface area contributed by atoms with Crippen LogP contribution in [0.2, 0.25) is 0 Å². The lowest BCUT2D eigenvalue weighted by molar-refractivity contribution is 0.471. The van der Waals surface area contributed by atoms with Crippen LogP contribution in [0.1, 0.15) is 60.3 Å². The van der Waals surface area contributed by atoms with E-state index >= 15 is 0 Å². The van der Waals surface area contributed by atoms with Crippen molar-refractivity contribution in [3.05, 3.63) is 22.8 Å². The summed E-state index contributed by atoms with van der Waals surface area (Å²) in [5.74, 6) is 1.64. The Balaban J connectivity index is 2.75. The topological polar surface area (TPSA) is 0 Å². The summed E-state index contributed by atoms with van der Waals surface area (Å²) < 4.78 is 0. The molecule has 0 aromatic heterocycles. The highest BCUT2D eigenvalue weighted by molar-refractivity contribution is 5.36. The van der Waals surface area contributed by atoms with Crippen LogP contribution in [0.5, 0.6) is 0 Å². The van der Waals surface area contributed by atoms with E-state index in [1.165, 1.54) is 31.3 Å². The van der Waals surface area contributed by atoms with E-state index in [0.717, 1.165) is 11.8 Å². The second-order valence-electron chi connectivity index (χ2n) is 5.15.